The Kier molecular flexibility index (Phi) is 2.45. The number of carbonyl (C=O) groups is 1. The Hall–Kier alpha value is -1.67. The molecule has 0 saturated carbocycles. The van der Waals surface area contributed by atoms with Gasteiger partial charge in [0.25, 0.3) is 0 Å². The minimum absolute atomic E-state index is 0.763. The molecule has 0 aliphatic carbocycles. The molecule has 82 valence electrons. The van der Waals surface area contributed by atoms with Crippen LogP contribution in [0.25, 0.3) is 21.5 Å². The maximum absolute atomic E-state index is 11.3. The first-order chi connectivity index (χ1) is 8.33. The van der Waals surface area contributed by atoms with Gasteiger partial charge < -0.3 is 0 Å². The molecule has 3 aromatic carbocycles. The lowest BCUT2D eigenvalue weighted by Gasteiger charge is -2.09. The van der Waals surface area contributed by atoms with E-state index in [1.807, 2.05) is 48.5 Å². The fraction of sp³-hybridized carbons (Fsp3) is 0. The molecule has 2 heteroatoms. The minimum Gasteiger partial charge on any atom is -0.298 e. The van der Waals surface area contributed by atoms with Crippen molar-refractivity contribution >= 4 is 43.8 Å². The average molecular weight is 285 g/mol. The molecule has 0 aliphatic heterocycles. The molecule has 0 radical (unpaired) electrons. The first kappa shape index (κ1) is 10.5. The van der Waals surface area contributed by atoms with Gasteiger partial charge in [0.15, 0.2) is 6.29 Å². The second-order valence-corrected chi connectivity index (χ2v) is 4.73. The van der Waals surface area contributed by atoms with Gasteiger partial charge in [-0.2, -0.15) is 0 Å². The van der Waals surface area contributed by atoms with Gasteiger partial charge in [0, 0.05) is 10.0 Å². The van der Waals surface area contributed by atoms with E-state index in [2.05, 4.69) is 15.9 Å². The van der Waals surface area contributed by atoms with Crippen molar-refractivity contribution in [2.24, 2.45) is 0 Å². The molecule has 17 heavy (non-hydrogen) atoms. The summed E-state index contributed by atoms with van der Waals surface area (Å²) >= 11 is 3.63. The van der Waals surface area contributed by atoms with Gasteiger partial charge in [-0.1, -0.05) is 48.5 Å². The predicted molar refractivity (Wildman–Crippen MR) is 74.5 cm³/mol. The van der Waals surface area contributed by atoms with Gasteiger partial charge in [0.1, 0.15) is 0 Å². The molecule has 0 bridgehead atoms. The van der Waals surface area contributed by atoms with Crippen LogP contribution < -0.4 is 0 Å². The van der Waals surface area contributed by atoms with Crippen LogP contribution in [0.5, 0.6) is 0 Å². The van der Waals surface area contributed by atoms with Crippen LogP contribution in [0.2, 0.25) is 0 Å². The third kappa shape index (κ3) is 1.48. The molecule has 0 fully saturated rings. The fourth-order valence-electron chi connectivity index (χ4n) is 2.24. The van der Waals surface area contributed by atoms with Crippen molar-refractivity contribution in [2.45, 2.75) is 0 Å². The normalized spacial score (nSPS) is 10.9. The van der Waals surface area contributed by atoms with Crippen molar-refractivity contribution < 1.29 is 4.79 Å². The van der Waals surface area contributed by atoms with Crippen LogP contribution in [0.3, 0.4) is 0 Å². The zero-order valence-corrected chi connectivity index (χ0v) is 10.6. The molecule has 1 nitrogen and oxygen atoms in total. The van der Waals surface area contributed by atoms with E-state index in [9.17, 15) is 4.79 Å². The molecule has 0 aliphatic rings. The van der Waals surface area contributed by atoms with Crippen LogP contribution in [0.15, 0.2) is 53.0 Å². The lowest BCUT2D eigenvalue weighted by Crippen LogP contribution is -1.88. The highest BCUT2D eigenvalue weighted by molar-refractivity contribution is 9.10. The second kappa shape index (κ2) is 3.97. The summed E-state index contributed by atoms with van der Waals surface area (Å²) in [6.07, 6.45) is 0.942. The number of hydrogen-bond acceptors (Lipinski definition) is 1. The molecule has 0 unspecified atom stereocenters. The summed E-state index contributed by atoms with van der Waals surface area (Å²) in [5, 5.41) is 4.14. The van der Waals surface area contributed by atoms with Crippen LogP contribution in [0.4, 0.5) is 0 Å². The summed E-state index contributed by atoms with van der Waals surface area (Å²) in [5.74, 6) is 0. The fourth-order valence-corrected chi connectivity index (χ4v) is 2.93. The van der Waals surface area contributed by atoms with Crippen molar-refractivity contribution in [3.8, 4) is 0 Å². The lowest BCUT2D eigenvalue weighted by molar-refractivity contribution is 0.112. The van der Waals surface area contributed by atoms with Gasteiger partial charge in [0.2, 0.25) is 0 Å². The number of rotatable bonds is 1. The monoisotopic (exact) mass is 284 g/mol. The van der Waals surface area contributed by atoms with Gasteiger partial charge in [-0.3, -0.25) is 4.79 Å². The topological polar surface area (TPSA) is 17.1 Å². The highest BCUT2D eigenvalue weighted by atomic mass is 79.9. The van der Waals surface area contributed by atoms with E-state index in [1.54, 1.807) is 0 Å². The first-order valence-corrected chi connectivity index (χ1v) is 6.16. The van der Waals surface area contributed by atoms with Crippen molar-refractivity contribution in [1.82, 2.24) is 0 Å². The molecule has 3 rings (SSSR count). The largest absolute Gasteiger partial charge is 0.298 e. The Balaban J connectivity index is 2.68. The summed E-state index contributed by atoms with van der Waals surface area (Å²) in [7, 11) is 0. The summed E-state index contributed by atoms with van der Waals surface area (Å²) in [4.78, 5) is 11.3. The average Bonchev–Trinajstić information content (AvgIpc) is 2.40. The number of carbonyl (C=O) groups excluding carboxylic acids is 1. The number of halogens is 1. The Morgan fingerprint density at radius 3 is 1.59 bits per heavy atom. The van der Waals surface area contributed by atoms with E-state index >= 15 is 0 Å². The summed E-state index contributed by atoms with van der Waals surface area (Å²) in [6, 6.07) is 15.9. The first-order valence-electron chi connectivity index (χ1n) is 5.37. The van der Waals surface area contributed by atoms with Crippen LogP contribution in [0, 0.1) is 0 Å². The zero-order valence-electron chi connectivity index (χ0n) is 8.98. The van der Waals surface area contributed by atoms with E-state index in [1.165, 1.54) is 0 Å². The van der Waals surface area contributed by atoms with Crippen molar-refractivity contribution in [3.63, 3.8) is 0 Å². The lowest BCUT2D eigenvalue weighted by atomic mass is 9.98. The van der Waals surface area contributed by atoms with Crippen molar-refractivity contribution in [2.75, 3.05) is 0 Å². The third-order valence-electron chi connectivity index (χ3n) is 3.03. The van der Waals surface area contributed by atoms with Crippen molar-refractivity contribution in [3.05, 3.63) is 58.6 Å². The quantitative estimate of drug-likeness (QED) is 0.473. The number of aldehydes is 1. The van der Waals surface area contributed by atoms with E-state index in [0.717, 1.165) is 37.9 Å². The number of benzene rings is 3. The molecule has 0 aromatic heterocycles. The Morgan fingerprint density at radius 2 is 1.18 bits per heavy atom. The van der Waals surface area contributed by atoms with Crippen LogP contribution >= 0.6 is 15.9 Å². The molecule has 0 saturated heterocycles. The molecule has 0 spiro atoms. The Morgan fingerprint density at radius 1 is 0.765 bits per heavy atom. The Labute approximate surface area is 107 Å². The standard InChI is InChI=1S/C15H9BrO/c16-15-12-7-3-1-5-10(12)14(9-17)11-6-2-4-8-13(11)15/h1-9H. The maximum Gasteiger partial charge on any atom is 0.151 e. The zero-order chi connectivity index (χ0) is 11.8. The SMILES string of the molecule is O=Cc1c2ccccc2c(Br)c2ccccc12. The summed E-state index contributed by atoms with van der Waals surface area (Å²) < 4.78 is 1.05. The molecule has 0 amide bonds. The van der Waals surface area contributed by atoms with E-state index in [4.69, 9.17) is 0 Å². The van der Waals surface area contributed by atoms with Gasteiger partial charge in [0.05, 0.1) is 0 Å². The van der Waals surface area contributed by atoms with Gasteiger partial charge in [-0.25, -0.2) is 0 Å². The summed E-state index contributed by atoms with van der Waals surface area (Å²) in [6.45, 7) is 0. The molecule has 0 heterocycles. The molecule has 3 aromatic rings. The van der Waals surface area contributed by atoms with Crippen LogP contribution in [-0.4, -0.2) is 6.29 Å². The van der Waals surface area contributed by atoms with Crippen LogP contribution in [0.1, 0.15) is 10.4 Å². The second-order valence-electron chi connectivity index (χ2n) is 3.94. The van der Waals surface area contributed by atoms with Crippen molar-refractivity contribution in [1.29, 1.82) is 0 Å². The number of fused-ring (bicyclic) bond motifs is 2. The van der Waals surface area contributed by atoms with E-state index in [-0.39, 0.29) is 0 Å². The molecule has 0 atom stereocenters. The van der Waals surface area contributed by atoms with Gasteiger partial charge in [-0.15, -0.1) is 0 Å². The minimum atomic E-state index is 0.763. The van der Waals surface area contributed by atoms with E-state index in [0.29, 0.717) is 0 Å². The smallest absolute Gasteiger partial charge is 0.151 e. The van der Waals surface area contributed by atoms with Crippen LogP contribution in [-0.2, 0) is 0 Å². The van der Waals surface area contributed by atoms with E-state index < -0.39 is 0 Å². The molecular formula is C15H9BrO. The predicted octanol–water partition coefficient (Wildman–Crippen LogP) is 4.57. The Bertz CT molecular complexity index is 674. The van der Waals surface area contributed by atoms with Gasteiger partial charge >= 0.3 is 0 Å². The molecular weight excluding hydrogens is 276 g/mol. The highest BCUT2D eigenvalue weighted by Gasteiger charge is 2.10. The molecule has 0 N–H and O–H groups in total. The van der Waals surface area contributed by atoms with Gasteiger partial charge in [-0.05, 0) is 37.5 Å². The number of hydrogen-bond donors (Lipinski definition) is 0. The maximum atomic E-state index is 11.3. The third-order valence-corrected chi connectivity index (χ3v) is 3.88. The summed E-state index contributed by atoms with van der Waals surface area (Å²) in [5.41, 5.74) is 0.763. The highest BCUT2D eigenvalue weighted by Crippen LogP contribution is 2.35.